The Morgan fingerprint density at radius 1 is 0.917 bits per heavy atom. The lowest BCUT2D eigenvalue weighted by Gasteiger charge is -2.39. The van der Waals surface area contributed by atoms with Crippen molar-refractivity contribution in [1.82, 2.24) is 29.5 Å². The van der Waals surface area contributed by atoms with E-state index in [1.807, 2.05) is 62.3 Å². The van der Waals surface area contributed by atoms with Gasteiger partial charge < -0.3 is 26.6 Å². The summed E-state index contributed by atoms with van der Waals surface area (Å²) in [4.78, 5) is 67.4. The summed E-state index contributed by atoms with van der Waals surface area (Å²) in [5.41, 5.74) is 3.76. The molecule has 0 aromatic heterocycles. The third kappa shape index (κ3) is 7.99. The minimum Gasteiger partial charge on any atom is -0.363 e. The summed E-state index contributed by atoms with van der Waals surface area (Å²) in [6, 6.07) is -4.20. The van der Waals surface area contributed by atoms with Crippen molar-refractivity contribution in [3.8, 4) is 0 Å². The molecule has 272 valence electrons. The Bertz CT molecular complexity index is 1400. The molecule has 1 unspecified atom stereocenters. The Labute approximate surface area is 285 Å². The molecular formula is C33H57N7O7S. The number of urea groups is 1. The van der Waals surface area contributed by atoms with Crippen LogP contribution >= 0.6 is 0 Å². The predicted octanol–water partition coefficient (Wildman–Crippen LogP) is 1.21. The van der Waals surface area contributed by atoms with E-state index in [1.165, 1.54) is 13.5 Å². The second-order valence-electron chi connectivity index (χ2n) is 17.0. The summed E-state index contributed by atoms with van der Waals surface area (Å²) >= 11 is 0. The number of nitrogens with zero attached hydrogens (tertiary/aromatic N) is 3. The zero-order chi connectivity index (χ0) is 36.1. The highest BCUT2D eigenvalue weighted by Crippen LogP contribution is 2.65. The van der Waals surface area contributed by atoms with E-state index in [2.05, 4.69) is 16.0 Å². The van der Waals surface area contributed by atoms with Gasteiger partial charge in [-0.3, -0.25) is 19.2 Å². The van der Waals surface area contributed by atoms with E-state index in [0.29, 0.717) is 38.5 Å². The highest BCUT2D eigenvalue weighted by molar-refractivity contribution is 7.87. The smallest absolute Gasteiger partial charge is 0.315 e. The monoisotopic (exact) mass is 695 g/mol. The molecule has 0 aromatic carbocycles. The van der Waals surface area contributed by atoms with Crippen LogP contribution in [0.1, 0.15) is 88.0 Å². The van der Waals surface area contributed by atoms with Crippen LogP contribution in [0.4, 0.5) is 4.79 Å². The van der Waals surface area contributed by atoms with E-state index < -0.39 is 74.7 Å². The first-order valence-electron chi connectivity index (χ1n) is 17.3. The number of fused-ring (bicyclic) bond motifs is 1. The van der Waals surface area contributed by atoms with Crippen LogP contribution in [0.2, 0.25) is 0 Å². The number of piperidine rings is 1. The average molecular weight is 696 g/mol. The quantitative estimate of drug-likeness (QED) is 0.208. The summed E-state index contributed by atoms with van der Waals surface area (Å²) in [5.74, 6) is -2.66. The SMILES string of the molecule is CCCC(NC(=O)[C@@H]1[C@@H]2[C@H](CN1C(=O)[C@@H](NC(=O)N[C@H](CN1CCN(CC3CC3)S1(=O)=O)C(C)(C)C)C(C)(C)C)C2(C)C)C(=O)C(N)=O. The number of nitrogens with two attached hydrogens (primary N) is 1. The second kappa shape index (κ2) is 13.5. The molecule has 4 aliphatic rings. The Kier molecular flexibility index (Phi) is 10.7. The van der Waals surface area contributed by atoms with Crippen LogP contribution in [0.3, 0.4) is 0 Å². The van der Waals surface area contributed by atoms with Crippen molar-refractivity contribution < 1.29 is 32.4 Å². The van der Waals surface area contributed by atoms with Crippen molar-refractivity contribution in [2.24, 2.45) is 39.7 Å². The summed E-state index contributed by atoms with van der Waals surface area (Å²) in [6.45, 7) is 18.8. The number of Topliss-reactive ketones (excluding diaryl/α,β-unsaturated/α-hetero) is 1. The predicted molar refractivity (Wildman–Crippen MR) is 180 cm³/mol. The zero-order valence-corrected chi connectivity index (χ0v) is 30.9. The average Bonchev–Trinajstić information content (AvgIpc) is 3.77. The minimum absolute atomic E-state index is 0.0512. The van der Waals surface area contributed by atoms with E-state index >= 15 is 0 Å². The maximum Gasteiger partial charge on any atom is 0.315 e. The molecule has 5 N–H and O–H groups in total. The molecule has 2 heterocycles. The lowest BCUT2D eigenvalue weighted by molar-refractivity contribution is -0.145. The molecule has 2 saturated heterocycles. The van der Waals surface area contributed by atoms with Gasteiger partial charge >= 0.3 is 6.03 Å². The maximum absolute atomic E-state index is 14.3. The van der Waals surface area contributed by atoms with Gasteiger partial charge in [0.2, 0.25) is 17.6 Å². The van der Waals surface area contributed by atoms with Crippen LogP contribution in [0.25, 0.3) is 0 Å². The molecule has 0 spiro atoms. The molecule has 2 saturated carbocycles. The van der Waals surface area contributed by atoms with Crippen LogP contribution in [-0.4, -0.2) is 108 Å². The molecule has 48 heavy (non-hydrogen) atoms. The van der Waals surface area contributed by atoms with Gasteiger partial charge in [-0.2, -0.15) is 17.0 Å². The van der Waals surface area contributed by atoms with Gasteiger partial charge in [0.15, 0.2) is 0 Å². The van der Waals surface area contributed by atoms with Gasteiger partial charge in [0.25, 0.3) is 16.1 Å². The maximum atomic E-state index is 14.3. The van der Waals surface area contributed by atoms with Gasteiger partial charge in [0.05, 0.1) is 6.04 Å². The van der Waals surface area contributed by atoms with Crippen molar-refractivity contribution >= 4 is 39.7 Å². The lowest BCUT2D eigenvalue weighted by Crippen LogP contribution is -2.62. The number of rotatable bonds is 13. The van der Waals surface area contributed by atoms with Gasteiger partial charge in [-0.05, 0) is 53.3 Å². The van der Waals surface area contributed by atoms with Crippen LogP contribution in [0, 0.1) is 34.0 Å². The number of carbonyl (C=O) groups is 5. The largest absolute Gasteiger partial charge is 0.363 e. The Hall–Kier alpha value is -2.78. The van der Waals surface area contributed by atoms with E-state index in [9.17, 15) is 32.4 Å². The van der Waals surface area contributed by atoms with Crippen molar-refractivity contribution in [2.45, 2.75) is 112 Å². The first-order chi connectivity index (χ1) is 22.0. The highest BCUT2D eigenvalue weighted by Gasteiger charge is 2.70. The van der Waals surface area contributed by atoms with Crippen LogP contribution in [0.5, 0.6) is 0 Å². The van der Waals surface area contributed by atoms with Gasteiger partial charge in [-0.25, -0.2) is 4.79 Å². The van der Waals surface area contributed by atoms with E-state index in [1.54, 1.807) is 0 Å². The Morgan fingerprint density at radius 2 is 1.52 bits per heavy atom. The summed E-state index contributed by atoms with van der Waals surface area (Å²) in [5, 5.41) is 8.52. The Morgan fingerprint density at radius 3 is 2.04 bits per heavy atom. The first kappa shape index (κ1) is 38.0. The molecule has 14 nitrogen and oxygen atoms in total. The number of ketones is 1. The number of hydrogen-bond donors (Lipinski definition) is 4. The number of hydrogen-bond acceptors (Lipinski definition) is 7. The van der Waals surface area contributed by atoms with Crippen molar-refractivity contribution in [3.05, 3.63) is 0 Å². The van der Waals surface area contributed by atoms with Gasteiger partial charge in [-0.15, -0.1) is 0 Å². The molecule has 15 heteroatoms. The number of primary amides is 1. The second-order valence-corrected chi connectivity index (χ2v) is 18.9. The van der Waals surface area contributed by atoms with Crippen LogP contribution in [-0.2, 0) is 29.4 Å². The molecular weight excluding hydrogens is 638 g/mol. The van der Waals surface area contributed by atoms with Crippen LogP contribution in [0.15, 0.2) is 0 Å². The van der Waals surface area contributed by atoms with Gasteiger partial charge in [-0.1, -0.05) is 68.7 Å². The van der Waals surface area contributed by atoms with Crippen molar-refractivity contribution in [2.75, 3.05) is 32.7 Å². The van der Waals surface area contributed by atoms with Gasteiger partial charge in [0, 0.05) is 38.8 Å². The standard InChI is InChI=1S/C33H57N7O7S/c1-10-11-21(25(41)27(34)42)35-28(43)24-23-20(33(23,8)9)17-40(24)29(44)26(32(5,6)7)37-30(45)36-22(31(2,3)4)18-39-15-14-38(48(39,46)47)16-19-12-13-19/h19-24,26H,10-18H2,1-9H3,(H2,34,42)(H,35,43)(H2,36,37,45)/t20-,21?,22+,23-,24-,26+/m0/s1. The molecule has 6 atom stereocenters. The summed E-state index contributed by atoms with van der Waals surface area (Å²) < 4.78 is 29.5. The fraction of sp³-hybridized carbons (Fsp3) is 0.848. The molecule has 2 aliphatic heterocycles. The number of amides is 5. The minimum atomic E-state index is -3.64. The van der Waals surface area contributed by atoms with Crippen molar-refractivity contribution in [1.29, 1.82) is 0 Å². The normalized spacial score (nSPS) is 27.0. The fourth-order valence-electron chi connectivity index (χ4n) is 7.26. The van der Waals surface area contributed by atoms with Crippen LogP contribution < -0.4 is 21.7 Å². The molecule has 0 bridgehead atoms. The lowest BCUT2D eigenvalue weighted by atomic mass is 9.85. The molecule has 0 radical (unpaired) electrons. The first-order valence-corrected chi connectivity index (χ1v) is 18.7. The fourth-order valence-corrected chi connectivity index (χ4v) is 8.95. The number of likely N-dealkylation sites (tertiary alicyclic amines) is 1. The van der Waals surface area contributed by atoms with E-state index in [0.717, 1.165) is 12.8 Å². The Balaban J connectivity index is 1.50. The van der Waals surface area contributed by atoms with E-state index in [-0.39, 0.29) is 30.2 Å². The molecule has 4 rings (SSSR count). The number of nitrogens with one attached hydrogen (secondary N) is 3. The summed E-state index contributed by atoms with van der Waals surface area (Å²) in [6.07, 6.45) is 2.84. The van der Waals surface area contributed by atoms with E-state index in [4.69, 9.17) is 5.73 Å². The third-order valence-electron chi connectivity index (χ3n) is 10.7. The molecule has 2 aliphatic carbocycles. The topological polar surface area (TPSA) is 191 Å². The zero-order valence-electron chi connectivity index (χ0n) is 30.1. The molecule has 4 fully saturated rings. The van der Waals surface area contributed by atoms with Gasteiger partial charge in [0.1, 0.15) is 12.1 Å². The highest BCUT2D eigenvalue weighted by atomic mass is 32.2. The number of carbonyl (C=O) groups excluding carboxylic acids is 5. The third-order valence-corrected chi connectivity index (χ3v) is 12.7. The molecule has 5 amide bonds. The molecule has 0 aromatic rings. The van der Waals surface area contributed by atoms with Crippen molar-refractivity contribution in [3.63, 3.8) is 0 Å². The summed E-state index contributed by atoms with van der Waals surface area (Å²) in [7, 11) is -3.64.